The second-order valence-electron chi connectivity index (χ2n) is 7.86. The Morgan fingerprint density at radius 3 is 2.90 bits per heavy atom. The summed E-state index contributed by atoms with van der Waals surface area (Å²) >= 11 is 0. The molecule has 2 atom stereocenters. The van der Waals surface area contributed by atoms with E-state index in [0.29, 0.717) is 31.0 Å². The van der Waals surface area contributed by atoms with Crippen LogP contribution in [0.25, 0.3) is 11.8 Å². The molecule has 7 nitrogen and oxygen atoms in total. The van der Waals surface area contributed by atoms with Gasteiger partial charge in [-0.2, -0.15) is 0 Å². The maximum absolute atomic E-state index is 13.6. The van der Waals surface area contributed by atoms with E-state index in [1.807, 2.05) is 6.92 Å². The van der Waals surface area contributed by atoms with Gasteiger partial charge in [0.25, 0.3) is 0 Å². The van der Waals surface area contributed by atoms with Gasteiger partial charge >= 0.3 is 0 Å². The van der Waals surface area contributed by atoms with E-state index in [1.165, 1.54) is 24.3 Å². The Labute approximate surface area is 181 Å². The molecular weight excluding hydrogens is 399 g/mol. The Bertz CT molecular complexity index is 1010. The molecule has 31 heavy (non-hydrogen) atoms. The molecule has 2 aromatic rings. The van der Waals surface area contributed by atoms with Crippen molar-refractivity contribution in [3.8, 4) is 5.75 Å². The van der Waals surface area contributed by atoms with Gasteiger partial charge in [-0.25, -0.2) is 4.39 Å². The van der Waals surface area contributed by atoms with Crippen LogP contribution in [0, 0.1) is 12.7 Å². The summed E-state index contributed by atoms with van der Waals surface area (Å²) in [5.41, 5.74) is 15.4. The summed E-state index contributed by atoms with van der Waals surface area (Å²) in [6, 6.07) is 3.52. The van der Waals surface area contributed by atoms with Crippen LogP contribution in [0.15, 0.2) is 30.9 Å². The van der Waals surface area contributed by atoms with Crippen LogP contribution < -0.4 is 11.5 Å². The average molecular weight is 429 g/mol. The van der Waals surface area contributed by atoms with Crippen LogP contribution in [-0.2, 0) is 9.53 Å². The monoisotopic (exact) mass is 428 g/mol. The molecule has 0 bridgehead atoms. The first-order valence-corrected chi connectivity index (χ1v) is 10.1. The molecule has 1 fully saturated rings. The topological polar surface area (TPSA) is 118 Å². The third kappa shape index (κ3) is 4.74. The summed E-state index contributed by atoms with van der Waals surface area (Å²) in [4.78, 5) is 17.0. The molecule has 1 aliphatic heterocycles. The number of hydrogen-bond donors (Lipinski definition) is 4. The molecule has 2 unspecified atom stereocenters. The third-order valence-electron chi connectivity index (χ3n) is 5.89. The number of nitrogens with zero attached hydrogens (tertiary/aromatic N) is 1. The Morgan fingerprint density at radius 1 is 1.45 bits per heavy atom. The number of ether oxygens (including phenoxy) is 1. The van der Waals surface area contributed by atoms with Crippen LogP contribution in [0.3, 0.4) is 0 Å². The van der Waals surface area contributed by atoms with Gasteiger partial charge in [0.05, 0.1) is 12.6 Å². The van der Waals surface area contributed by atoms with Crippen molar-refractivity contribution >= 4 is 23.5 Å². The molecule has 1 amide bonds. The number of halogens is 1. The normalized spacial score (nSPS) is 19.6. The second-order valence-corrected chi connectivity index (χ2v) is 7.86. The van der Waals surface area contributed by atoms with E-state index < -0.39 is 5.82 Å². The number of benzene rings is 1. The van der Waals surface area contributed by atoms with Crippen molar-refractivity contribution in [1.82, 2.24) is 9.88 Å². The number of hydrogen-bond acceptors (Lipinski definition) is 5. The molecule has 6 N–H and O–H groups in total. The highest BCUT2D eigenvalue weighted by Crippen LogP contribution is 2.35. The summed E-state index contributed by atoms with van der Waals surface area (Å²) < 4.78 is 19.3. The molecule has 0 radical (unpaired) electrons. The van der Waals surface area contributed by atoms with Crippen molar-refractivity contribution in [2.45, 2.75) is 31.7 Å². The number of phenols is 1. The molecule has 8 heteroatoms. The molecular formula is C23H29FN4O3. The number of aromatic hydroxyl groups is 1. The molecule has 1 aromatic heterocycles. The number of aromatic amines is 1. The summed E-state index contributed by atoms with van der Waals surface area (Å²) in [6.45, 7) is 6.52. The number of aromatic nitrogens is 1. The molecule has 2 heterocycles. The maximum atomic E-state index is 13.6. The molecule has 0 spiro atoms. The number of rotatable bonds is 5. The van der Waals surface area contributed by atoms with E-state index in [4.69, 9.17) is 16.2 Å². The average Bonchev–Trinajstić information content (AvgIpc) is 2.92. The van der Waals surface area contributed by atoms with E-state index in [-0.39, 0.29) is 34.9 Å². The quantitative estimate of drug-likeness (QED) is 0.546. The van der Waals surface area contributed by atoms with Crippen LogP contribution in [0.2, 0.25) is 0 Å². The second kappa shape index (κ2) is 9.26. The Balaban J connectivity index is 1.92. The van der Waals surface area contributed by atoms with Gasteiger partial charge in [-0.3, -0.25) is 4.79 Å². The van der Waals surface area contributed by atoms with Crippen molar-refractivity contribution in [2.24, 2.45) is 5.73 Å². The molecule has 1 aromatic carbocycles. The minimum Gasteiger partial charge on any atom is -0.507 e. The van der Waals surface area contributed by atoms with Gasteiger partial charge in [0.2, 0.25) is 5.91 Å². The van der Waals surface area contributed by atoms with E-state index >= 15 is 0 Å². The standard InChI is InChI=1S/C23H29FN4O3/c1-4-21(30)28(3)16-9-14(7-8-31-12-16)22-13(2)17(23(26)27-22)11-19(25)18-10-15(24)5-6-20(18)29/h4-6,10-11,14,16,27,29H,1,7-9,12,25-26H2,2-3H3/b19-11-. The van der Waals surface area contributed by atoms with Crippen LogP contribution in [-0.4, -0.2) is 47.2 Å². The Morgan fingerprint density at radius 2 is 2.19 bits per heavy atom. The number of likely N-dealkylation sites (N-methyl/N-ethyl adjacent to an activating group) is 1. The number of phenolic OH excluding ortho intramolecular Hbond substituents is 1. The highest BCUT2D eigenvalue weighted by atomic mass is 19.1. The highest BCUT2D eigenvalue weighted by Gasteiger charge is 2.29. The lowest BCUT2D eigenvalue weighted by atomic mass is 9.91. The Kier molecular flexibility index (Phi) is 6.70. The largest absolute Gasteiger partial charge is 0.507 e. The number of carbonyl (C=O) groups excluding carboxylic acids is 1. The predicted molar refractivity (Wildman–Crippen MR) is 120 cm³/mol. The molecule has 1 saturated heterocycles. The number of anilines is 1. The fraction of sp³-hybridized carbons (Fsp3) is 0.348. The van der Waals surface area contributed by atoms with Gasteiger partial charge in [-0.15, -0.1) is 0 Å². The molecule has 1 aliphatic rings. The molecule has 3 rings (SSSR count). The van der Waals surface area contributed by atoms with Crippen molar-refractivity contribution < 1.29 is 19.0 Å². The first-order chi connectivity index (χ1) is 14.7. The minimum absolute atomic E-state index is 0.0878. The zero-order chi connectivity index (χ0) is 22.7. The van der Waals surface area contributed by atoms with Gasteiger partial charge in [-0.1, -0.05) is 6.58 Å². The Hall–Kier alpha value is -3.26. The lowest BCUT2D eigenvalue weighted by Crippen LogP contribution is -2.39. The van der Waals surface area contributed by atoms with Crippen molar-refractivity contribution in [2.75, 3.05) is 26.0 Å². The van der Waals surface area contributed by atoms with Crippen molar-refractivity contribution in [3.05, 3.63) is 59.1 Å². The van der Waals surface area contributed by atoms with Gasteiger partial charge in [0, 0.05) is 42.1 Å². The molecule has 0 aliphatic carbocycles. The first-order valence-electron chi connectivity index (χ1n) is 10.1. The summed E-state index contributed by atoms with van der Waals surface area (Å²) in [5, 5.41) is 10.0. The van der Waals surface area contributed by atoms with Gasteiger partial charge in [0.15, 0.2) is 0 Å². The molecule has 0 saturated carbocycles. The van der Waals surface area contributed by atoms with Crippen LogP contribution in [0.1, 0.15) is 41.1 Å². The van der Waals surface area contributed by atoms with Crippen molar-refractivity contribution in [3.63, 3.8) is 0 Å². The SMILES string of the molecule is C=CC(=O)N(C)C1COCCC(c2[nH]c(N)c(/C=C(\N)c3cc(F)ccc3O)c2C)C1. The summed E-state index contributed by atoms with van der Waals surface area (Å²) in [7, 11) is 1.75. The van der Waals surface area contributed by atoms with Gasteiger partial charge in [0.1, 0.15) is 17.4 Å². The number of nitrogens with one attached hydrogen (secondary N) is 1. The fourth-order valence-corrected chi connectivity index (χ4v) is 4.04. The van der Waals surface area contributed by atoms with E-state index in [2.05, 4.69) is 11.6 Å². The van der Waals surface area contributed by atoms with E-state index in [1.54, 1.807) is 18.0 Å². The lowest BCUT2D eigenvalue weighted by Gasteiger charge is -2.28. The molecule has 166 valence electrons. The van der Waals surface area contributed by atoms with Gasteiger partial charge < -0.3 is 31.2 Å². The smallest absolute Gasteiger partial charge is 0.246 e. The number of nitrogen functional groups attached to an aromatic ring is 1. The number of amides is 1. The van der Waals surface area contributed by atoms with Crippen LogP contribution in [0.4, 0.5) is 10.2 Å². The lowest BCUT2D eigenvalue weighted by molar-refractivity contribution is -0.127. The first kappa shape index (κ1) is 22.4. The van der Waals surface area contributed by atoms with E-state index in [9.17, 15) is 14.3 Å². The van der Waals surface area contributed by atoms with E-state index in [0.717, 1.165) is 17.7 Å². The number of nitrogens with two attached hydrogens (primary N) is 2. The minimum atomic E-state index is -0.494. The summed E-state index contributed by atoms with van der Waals surface area (Å²) in [6.07, 6.45) is 4.42. The van der Waals surface area contributed by atoms with Gasteiger partial charge in [-0.05, 0) is 55.7 Å². The maximum Gasteiger partial charge on any atom is 0.246 e. The fourth-order valence-electron chi connectivity index (χ4n) is 4.04. The highest BCUT2D eigenvalue weighted by molar-refractivity contribution is 5.87. The summed E-state index contributed by atoms with van der Waals surface area (Å²) in [5.74, 6) is -0.222. The number of H-pyrrole nitrogens is 1. The zero-order valence-corrected chi connectivity index (χ0v) is 17.8. The zero-order valence-electron chi connectivity index (χ0n) is 17.8. The van der Waals surface area contributed by atoms with Crippen molar-refractivity contribution in [1.29, 1.82) is 0 Å². The van der Waals surface area contributed by atoms with Crippen LogP contribution >= 0.6 is 0 Å². The third-order valence-corrected chi connectivity index (χ3v) is 5.89. The number of carbonyl (C=O) groups is 1. The van der Waals surface area contributed by atoms with Crippen LogP contribution in [0.5, 0.6) is 5.75 Å². The predicted octanol–water partition coefficient (Wildman–Crippen LogP) is 3.11.